The molecule has 0 radical (unpaired) electrons. The lowest BCUT2D eigenvalue weighted by Gasteiger charge is -2.28. The van der Waals surface area contributed by atoms with Gasteiger partial charge in [0, 0.05) is 24.3 Å². The number of primary amides is 1. The Labute approximate surface area is 179 Å². The SMILES string of the molecule is CCCC(C(N)=O)[C@H](CC(C)C)C(=O)N[C@@H](C[C@@H]1CCNC1=O)C(=O)COC(F)(F)F. The van der Waals surface area contributed by atoms with E-state index < -0.39 is 54.4 Å². The molecule has 0 aromatic carbocycles. The maximum atomic E-state index is 13.0. The maximum Gasteiger partial charge on any atom is 0.522 e. The van der Waals surface area contributed by atoms with E-state index in [2.05, 4.69) is 15.4 Å². The third-order valence-electron chi connectivity index (χ3n) is 5.28. The zero-order valence-corrected chi connectivity index (χ0v) is 18.1. The van der Waals surface area contributed by atoms with Crippen LogP contribution in [0.5, 0.6) is 0 Å². The molecule has 0 saturated carbocycles. The normalized spacial score (nSPS) is 19.6. The molecule has 8 nitrogen and oxygen atoms in total. The zero-order chi connectivity index (χ0) is 23.8. The van der Waals surface area contributed by atoms with E-state index in [4.69, 9.17) is 5.73 Å². The second kappa shape index (κ2) is 12.0. The lowest BCUT2D eigenvalue weighted by molar-refractivity contribution is -0.321. The molecule has 1 aliphatic heterocycles. The van der Waals surface area contributed by atoms with Crippen LogP contribution in [0.15, 0.2) is 0 Å². The molecule has 0 aliphatic carbocycles. The molecule has 11 heteroatoms. The number of hydrogen-bond acceptors (Lipinski definition) is 5. The van der Waals surface area contributed by atoms with Gasteiger partial charge in [0.25, 0.3) is 0 Å². The average molecular weight is 451 g/mol. The van der Waals surface area contributed by atoms with E-state index in [1.54, 1.807) is 0 Å². The van der Waals surface area contributed by atoms with Gasteiger partial charge < -0.3 is 16.4 Å². The van der Waals surface area contributed by atoms with Crippen molar-refractivity contribution in [2.45, 2.75) is 65.3 Å². The summed E-state index contributed by atoms with van der Waals surface area (Å²) in [6.45, 7) is 4.64. The van der Waals surface area contributed by atoms with Crippen LogP contribution in [0.25, 0.3) is 0 Å². The Bertz CT molecular complexity index is 654. The molecule has 1 heterocycles. The molecule has 1 fully saturated rings. The van der Waals surface area contributed by atoms with Crippen LogP contribution in [0.2, 0.25) is 0 Å². The topological polar surface area (TPSA) is 128 Å². The maximum absolute atomic E-state index is 13.0. The fourth-order valence-electron chi connectivity index (χ4n) is 3.77. The lowest BCUT2D eigenvalue weighted by Crippen LogP contribution is -2.49. The van der Waals surface area contributed by atoms with Crippen molar-refractivity contribution in [3.63, 3.8) is 0 Å². The smallest absolute Gasteiger partial charge is 0.369 e. The monoisotopic (exact) mass is 451 g/mol. The zero-order valence-electron chi connectivity index (χ0n) is 18.1. The van der Waals surface area contributed by atoms with Gasteiger partial charge in [-0.25, -0.2) is 0 Å². The summed E-state index contributed by atoms with van der Waals surface area (Å²) in [7, 11) is 0. The fraction of sp³-hybridized carbons (Fsp3) is 0.800. The Morgan fingerprint density at radius 1 is 1.26 bits per heavy atom. The van der Waals surface area contributed by atoms with Gasteiger partial charge in [0.15, 0.2) is 5.78 Å². The molecular formula is C20H32F3N3O5. The standard InChI is InChI=1S/C20H32F3N3O5/c1-4-5-13(17(24)28)14(8-11(2)3)19(30)26-15(9-12-6-7-25-18(12)29)16(27)10-31-20(21,22)23/h11-15H,4-10H2,1-3H3,(H2,24,28)(H,25,29)(H,26,30)/t12-,13?,14-,15-/m0/s1. The Morgan fingerprint density at radius 3 is 2.35 bits per heavy atom. The summed E-state index contributed by atoms with van der Waals surface area (Å²) in [5.74, 6) is -4.83. The molecule has 0 bridgehead atoms. The van der Waals surface area contributed by atoms with Gasteiger partial charge >= 0.3 is 6.36 Å². The molecule has 4 atom stereocenters. The van der Waals surface area contributed by atoms with Crippen LogP contribution in [0.3, 0.4) is 0 Å². The van der Waals surface area contributed by atoms with Crippen LogP contribution in [0, 0.1) is 23.7 Å². The molecule has 178 valence electrons. The van der Waals surface area contributed by atoms with E-state index >= 15 is 0 Å². The van der Waals surface area contributed by atoms with E-state index in [1.807, 2.05) is 20.8 Å². The molecule has 1 aliphatic rings. The number of carbonyl (C=O) groups excluding carboxylic acids is 4. The van der Waals surface area contributed by atoms with E-state index in [1.165, 1.54) is 0 Å². The molecule has 1 rings (SSSR count). The van der Waals surface area contributed by atoms with Crippen LogP contribution >= 0.6 is 0 Å². The number of Topliss-reactive ketones (excluding diaryl/α,β-unsaturated/α-hetero) is 1. The third-order valence-corrected chi connectivity index (χ3v) is 5.28. The molecule has 3 amide bonds. The largest absolute Gasteiger partial charge is 0.522 e. The summed E-state index contributed by atoms with van der Waals surface area (Å²) in [6.07, 6.45) is -3.49. The molecule has 4 N–H and O–H groups in total. The number of amides is 3. The van der Waals surface area contributed by atoms with Gasteiger partial charge in [-0.2, -0.15) is 0 Å². The summed E-state index contributed by atoms with van der Waals surface area (Å²) < 4.78 is 40.8. The van der Waals surface area contributed by atoms with Crippen molar-refractivity contribution in [3.05, 3.63) is 0 Å². The van der Waals surface area contributed by atoms with Gasteiger partial charge in [0.2, 0.25) is 17.7 Å². The van der Waals surface area contributed by atoms with Crippen molar-refractivity contribution in [1.82, 2.24) is 10.6 Å². The third kappa shape index (κ3) is 9.24. The number of carbonyl (C=O) groups is 4. The first-order valence-corrected chi connectivity index (χ1v) is 10.5. The highest BCUT2D eigenvalue weighted by Gasteiger charge is 2.38. The van der Waals surface area contributed by atoms with Crippen molar-refractivity contribution in [2.75, 3.05) is 13.2 Å². The van der Waals surface area contributed by atoms with Crippen molar-refractivity contribution in [1.29, 1.82) is 0 Å². The predicted molar refractivity (Wildman–Crippen MR) is 105 cm³/mol. The quantitative estimate of drug-likeness (QED) is 0.393. The van der Waals surface area contributed by atoms with E-state index in [0.717, 1.165) is 0 Å². The summed E-state index contributed by atoms with van der Waals surface area (Å²) >= 11 is 0. The van der Waals surface area contributed by atoms with Crippen LogP contribution in [0.4, 0.5) is 13.2 Å². The highest BCUT2D eigenvalue weighted by atomic mass is 19.4. The summed E-state index contributed by atoms with van der Waals surface area (Å²) in [5, 5.41) is 5.06. The van der Waals surface area contributed by atoms with Crippen molar-refractivity contribution >= 4 is 23.5 Å². The van der Waals surface area contributed by atoms with E-state index in [9.17, 15) is 32.3 Å². The highest BCUT2D eigenvalue weighted by Crippen LogP contribution is 2.26. The average Bonchev–Trinajstić information content (AvgIpc) is 3.05. The fourth-order valence-corrected chi connectivity index (χ4v) is 3.77. The number of rotatable bonds is 13. The first kappa shape index (κ1) is 26.9. The minimum absolute atomic E-state index is 0.0257. The van der Waals surface area contributed by atoms with Crippen LogP contribution in [-0.4, -0.2) is 49.1 Å². The van der Waals surface area contributed by atoms with Gasteiger partial charge in [0.05, 0.1) is 6.04 Å². The van der Waals surface area contributed by atoms with E-state index in [-0.39, 0.29) is 18.2 Å². The summed E-state index contributed by atoms with van der Waals surface area (Å²) in [6, 6.07) is -1.35. The van der Waals surface area contributed by atoms with Crippen LogP contribution < -0.4 is 16.4 Å². The molecule has 0 spiro atoms. The van der Waals surface area contributed by atoms with Crippen molar-refractivity contribution in [2.24, 2.45) is 29.4 Å². The number of nitrogens with two attached hydrogens (primary N) is 1. The van der Waals surface area contributed by atoms with Gasteiger partial charge in [-0.15, -0.1) is 13.2 Å². The second-order valence-electron chi connectivity index (χ2n) is 8.31. The minimum Gasteiger partial charge on any atom is -0.369 e. The molecule has 31 heavy (non-hydrogen) atoms. The van der Waals surface area contributed by atoms with E-state index in [0.29, 0.717) is 32.2 Å². The molecule has 1 saturated heterocycles. The Hall–Kier alpha value is -2.17. The van der Waals surface area contributed by atoms with Gasteiger partial charge in [-0.05, 0) is 31.6 Å². The first-order chi connectivity index (χ1) is 14.4. The molecule has 1 unspecified atom stereocenters. The number of ether oxygens (including phenoxy) is 1. The number of nitrogens with one attached hydrogen (secondary N) is 2. The molecular weight excluding hydrogens is 419 g/mol. The van der Waals surface area contributed by atoms with Gasteiger partial charge in [-0.1, -0.05) is 27.2 Å². The van der Waals surface area contributed by atoms with Gasteiger partial charge in [-0.3, -0.25) is 23.9 Å². The lowest BCUT2D eigenvalue weighted by atomic mass is 9.81. The Morgan fingerprint density at radius 2 is 1.90 bits per heavy atom. The second-order valence-corrected chi connectivity index (χ2v) is 8.31. The predicted octanol–water partition coefficient (Wildman–Crippen LogP) is 1.67. The van der Waals surface area contributed by atoms with Crippen LogP contribution in [0.1, 0.15) is 52.9 Å². The summed E-state index contributed by atoms with van der Waals surface area (Å²) in [5.41, 5.74) is 5.49. The number of hydrogen-bond donors (Lipinski definition) is 3. The molecule has 0 aromatic heterocycles. The minimum atomic E-state index is -5.01. The van der Waals surface area contributed by atoms with Crippen LogP contribution in [-0.2, 0) is 23.9 Å². The number of ketones is 1. The van der Waals surface area contributed by atoms with Crippen molar-refractivity contribution < 1.29 is 37.1 Å². The van der Waals surface area contributed by atoms with Crippen molar-refractivity contribution in [3.8, 4) is 0 Å². The number of halogens is 3. The Kier molecular flexibility index (Phi) is 10.4. The Balaban J connectivity index is 3.05. The first-order valence-electron chi connectivity index (χ1n) is 10.5. The summed E-state index contributed by atoms with van der Waals surface area (Å²) in [4.78, 5) is 49.3. The highest BCUT2D eigenvalue weighted by molar-refractivity contribution is 5.93. The van der Waals surface area contributed by atoms with Gasteiger partial charge in [0.1, 0.15) is 6.61 Å². The number of alkyl halides is 3. The molecule has 0 aromatic rings.